The lowest BCUT2D eigenvalue weighted by molar-refractivity contribution is -0.489. The van der Waals surface area contributed by atoms with Crippen LogP contribution < -0.4 is 0 Å². The van der Waals surface area contributed by atoms with Crippen LogP contribution in [0.2, 0.25) is 0 Å². The summed E-state index contributed by atoms with van der Waals surface area (Å²) in [6.45, 7) is 4.61. The van der Waals surface area contributed by atoms with E-state index in [1.807, 2.05) is 49.5 Å². The van der Waals surface area contributed by atoms with Crippen LogP contribution in [0.4, 0.5) is 0 Å². The molecule has 0 aromatic rings. The predicted octanol–water partition coefficient (Wildman–Crippen LogP) is 4.42. The van der Waals surface area contributed by atoms with Crippen molar-refractivity contribution >= 4 is 0 Å². The second kappa shape index (κ2) is 15.4. The van der Waals surface area contributed by atoms with Gasteiger partial charge in [0.1, 0.15) is 6.26 Å². The van der Waals surface area contributed by atoms with Gasteiger partial charge in [0.05, 0.1) is 6.61 Å². The molecule has 0 aromatic heterocycles. The maximum atomic E-state index is 4.65. The summed E-state index contributed by atoms with van der Waals surface area (Å²) in [5.74, 6) is 0. The smallest absolute Gasteiger partial charge is 0.132 e. The zero-order valence-corrected chi connectivity index (χ0v) is 11.1. The van der Waals surface area contributed by atoms with E-state index < -0.39 is 0 Å². The van der Waals surface area contributed by atoms with Gasteiger partial charge in [-0.2, -0.15) is 4.89 Å². The van der Waals surface area contributed by atoms with Gasteiger partial charge >= 0.3 is 0 Å². The average Bonchev–Trinajstić information content (AvgIpc) is 2.39. The monoisotopic (exact) mass is 250 g/mol. The second-order valence-corrected chi connectivity index (χ2v) is 3.31. The van der Waals surface area contributed by atoms with Gasteiger partial charge in [0.2, 0.25) is 0 Å². The third-order valence-electron chi connectivity index (χ3n) is 1.66. The molecule has 0 spiro atoms. The van der Waals surface area contributed by atoms with Gasteiger partial charge in [-0.15, -0.1) is 0 Å². The first-order chi connectivity index (χ1) is 8.91. The van der Waals surface area contributed by atoms with Gasteiger partial charge in [-0.3, -0.25) is 0 Å². The highest BCUT2D eigenvalue weighted by Gasteiger charge is 1.81. The molecule has 0 aliphatic rings. The van der Waals surface area contributed by atoms with Crippen LogP contribution in [0.1, 0.15) is 26.7 Å². The van der Waals surface area contributed by atoms with E-state index in [4.69, 9.17) is 0 Å². The van der Waals surface area contributed by atoms with E-state index in [0.717, 1.165) is 12.8 Å². The summed E-state index contributed by atoms with van der Waals surface area (Å²) < 4.78 is 0. The molecule has 0 unspecified atom stereocenters. The molecule has 0 aliphatic heterocycles. The van der Waals surface area contributed by atoms with Gasteiger partial charge in [0.25, 0.3) is 0 Å². The molecule has 3 nitrogen and oxygen atoms in total. The first-order valence-corrected chi connectivity index (χ1v) is 6.18. The minimum absolute atomic E-state index is 0.519. The molecule has 0 amide bonds. The summed E-state index contributed by atoms with van der Waals surface area (Å²) in [5.41, 5.74) is 0. The summed E-state index contributed by atoms with van der Waals surface area (Å²) in [5, 5.41) is 4.40. The Morgan fingerprint density at radius 2 is 1.39 bits per heavy atom. The summed E-state index contributed by atoms with van der Waals surface area (Å²) >= 11 is 0. The Morgan fingerprint density at radius 1 is 0.778 bits per heavy atom. The molecule has 0 rings (SSSR count). The fraction of sp³-hybridized carbons (Fsp3) is 0.333. The highest BCUT2D eigenvalue weighted by molar-refractivity contribution is 5.17. The van der Waals surface area contributed by atoms with Gasteiger partial charge in [0.15, 0.2) is 0 Å². The van der Waals surface area contributed by atoms with Crippen molar-refractivity contribution < 1.29 is 14.8 Å². The van der Waals surface area contributed by atoms with Crippen molar-refractivity contribution in [2.45, 2.75) is 26.7 Å². The Bertz CT molecular complexity index is 299. The molecule has 0 saturated heterocycles. The molecule has 0 N–H and O–H groups in total. The molecule has 0 aliphatic carbocycles. The van der Waals surface area contributed by atoms with Gasteiger partial charge < -0.3 is 4.89 Å². The molecule has 0 bridgehead atoms. The molecule has 0 aromatic carbocycles. The fourth-order valence-corrected chi connectivity index (χ4v) is 0.845. The van der Waals surface area contributed by atoms with Crippen LogP contribution >= 0.6 is 0 Å². The Labute approximate surface area is 110 Å². The standard InChI is InChI=1S/C15H22O3/c1-3-5-6-7-8-9-10-11-12-13-15-17-18-16-14-4-2/h5-13,15H,3-4,14H2,1-2H3. The van der Waals surface area contributed by atoms with Gasteiger partial charge in [-0.25, -0.2) is 0 Å². The third-order valence-corrected chi connectivity index (χ3v) is 1.66. The Morgan fingerprint density at radius 3 is 2.00 bits per heavy atom. The second-order valence-electron chi connectivity index (χ2n) is 3.31. The molecule has 0 fully saturated rings. The van der Waals surface area contributed by atoms with Crippen LogP contribution in [0.3, 0.4) is 0 Å². The third kappa shape index (κ3) is 14.4. The maximum Gasteiger partial charge on any atom is 0.132 e. The van der Waals surface area contributed by atoms with E-state index >= 15 is 0 Å². The van der Waals surface area contributed by atoms with E-state index in [1.54, 1.807) is 6.08 Å². The lowest BCUT2D eigenvalue weighted by Crippen LogP contribution is -1.92. The first kappa shape index (κ1) is 16.4. The van der Waals surface area contributed by atoms with Crippen LogP contribution in [0.5, 0.6) is 0 Å². The highest BCUT2D eigenvalue weighted by atomic mass is 17.5. The average molecular weight is 250 g/mol. The Hall–Kier alpha value is -1.58. The first-order valence-electron chi connectivity index (χ1n) is 6.18. The lowest BCUT2D eigenvalue weighted by Gasteiger charge is -1.96. The molecule has 0 heterocycles. The predicted molar refractivity (Wildman–Crippen MR) is 74.4 cm³/mol. The van der Waals surface area contributed by atoms with Crippen molar-refractivity contribution in [3.63, 3.8) is 0 Å². The summed E-state index contributed by atoms with van der Waals surface area (Å²) in [7, 11) is 0. The number of hydrogen-bond acceptors (Lipinski definition) is 3. The summed E-state index contributed by atoms with van der Waals surface area (Å²) in [4.78, 5) is 9.25. The zero-order valence-electron chi connectivity index (χ0n) is 11.1. The van der Waals surface area contributed by atoms with Crippen molar-refractivity contribution in [1.82, 2.24) is 0 Å². The largest absolute Gasteiger partial charge is 0.316 e. The van der Waals surface area contributed by atoms with Gasteiger partial charge in [-0.1, -0.05) is 62.5 Å². The molecule has 3 heteroatoms. The molecular formula is C15H22O3. The van der Waals surface area contributed by atoms with Crippen LogP contribution in [0.15, 0.2) is 60.9 Å². The van der Waals surface area contributed by atoms with Crippen molar-refractivity contribution in [2.24, 2.45) is 0 Å². The van der Waals surface area contributed by atoms with Gasteiger partial charge in [0, 0.05) is 0 Å². The van der Waals surface area contributed by atoms with Crippen molar-refractivity contribution in [3.8, 4) is 0 Å². The van der Waals surface area contributed by atoms with E-state index in [9.17, 15) is 0 Å². The van der Waals surface area contributed by atoms with Crippen LogP contribution in [0, 0.1) is 0 Å². The summed E-state index contributed by atoms with van der Waals surface area (Å²) in [6, 6.07) is 0. The van der Waals surface area contributed by atoms with E-state index in [-0.39, 0.29) is 0 Å². The van der Waals surface area contributed by atoms with Crippen molar-refractivity contribution in [2.75, 3.05) is 6.61 Å². The number of rotatable bonds is 10. The Kier molecular flexibility index (Phi) is 14.1. The Balaban J connectivity index is 3.52. The lowest BCUT2D eigenvalue weighted by atomic mass is 10.3. The SMILES string of the molecule is CCC=CC=CC=CC=CC=COOOCCC. The highest BCUT2D eigenvalue weighted by Crippen LogP contribution is 1.88. The summed E-state index contributed by atoms with van der Waals surface area (Å²) in [6.07, 6.45) is 20.7. The maximum absolute atomic E-state index is 4.65. The topological polar surface area (TPSA) is 27.7 Å². The molecular weight excluding hydrogens is 228 g/mol. The minimum Gasteiger partial charge on any atom is -0.316 e. The van der Waals surface area contributed by atoms with Crippen LogP contribution in [0.25, 0.3) is 0 Å². The van der Waals surface area contributed by atoms with E-state index in [2.05, 4.69) is 27.8 Å². The quantitative estimate of drug-likeness (QED) is 0.189. The molecule has 0 saturated carbocycles. The van der Waals surface area contributed by atoms with E-state index in [0.29, 0.717) is 6.61 Å². The van der Waals surface area contributed by atoms with Crippen LogP contribution in [-0.4, -0.2) is 6.61 Å². The minimum atomic E-state index is 0.519. The molecule has 18 heavy (non-hydrogen) atoms. The van der Waals surface area contributed by atoms with Crippen molar-refractivity contribution in [3.05, 3.63) is 60.9 Å². The van der Waals surface area contributed by atoms with Crippen LogP contribution in [-0.2, 0) is 14.8 Å². The normalized spacial score (nSPS) is 13.0. The molecule has 0 radical (unpaired) electrons. The zero-order chi connectivity index (χ0) is 13.3. The number of hydrogen-bond donors (Lipinski definition) is 0. The molecule has 0 atom stereocenters. The van der Waals surface area contributed by atoms with Gasteiger partial charge in [-0.05, 0) is 24.0 Å². The number of allylic oxidation sites excluding steroid dienone is 9. The van der Waals surface area contributed by atoms with Crippen molar-refractivity contribution in [1.29, 1.82) is 0 Å². The molecule has 100 valence electrons. The fourth-order valence-electron chi connectivity index (χ4n) is 0.845. The van der Waals surface area contributed by atoms with E-state index in [1.165, 1.54) is 6.26 Å².